The summed E-state index contributed by atoms with van der Waals surface area (Å²) in [5.74, 6) is 0. The molecule has 0 radical (unpaired) electrons. The lowest BCUT2D eigenvalue weighted by molar-refractivity contribution is -0.0647. The van der Waals surface area contributed by atoms with Crippen molar-refractivity contribution in [2.24, 2.45) is 0 Å². The Labute approximate surface area is 248 Å². The van der Waals surface area contributed by atoms with Gasteiger partial charge in [0.2, 0.25) is 0 Å². The van der Waals surface area contributed by atoms with E-state index in [9.17, 15) is 4.79 Å². The van der Waals surface area contributed by atoms with Crippen LogP contribution in [0.3, 0.4) is 0 Å². The second kappa shape index (κ2) is 19.3. The SMILES string of the molecule is CCCCO[C@@H]1CO[C@H]2[C@@H]1OC[C@@H]2OCCOCCOC(=O)OCCOCCO[C@H]1CO[C@H]2[C@@H]1OC[C@H]2OCCCC. The van der Waals surface area contributed by atoms with Crippen molar-refractivity contribution in [3.63, 3.8) is 0 Å². The molecule has 13 nitrogen and oxygen atoms in total. The standard InChI is InChI=1S/C29H50O13/c1-3-5-7-33-21-17-39-27-23(19-41-25(21)27)35-13-9-31-11-15-37-29(30)38-16-12-32-10-14-36-24-20-42-26-22(18-40-28(24)26)34-8-6-4-2/h21-28H,3-20H2,1-2H3/t21-,22-,23+,24+,25-,26-,27-,28-/m1/s1. The fourth-order valence-corrected chi connectivity index (χ4v) is 5.32. The normalized spacial score (nSPS) is 31.9. The van der Waals surface area contributed by atoms with Crippen LogP contribution in [0.5, 0.6) is 0 Å². The maximum absolute atomic E-state index is 11.7. The van der Waals surface area contributed by atoms with E-state index in [0.29, 0.717) is 52.9 Å². The topological polar surface area (TPSA) is 128 Å². The van der Waals surface area contributed by atoms with Crippen LogP contribution in [0.1, 0.15) is 39.5 Å². The lowest BCUT2D eigenvalue weighted by Crippen LogP contribution is -2.34. The molecule has 0 unspecified atom stereocenters. The summed E-state index contributed by atoms with van der Waals surface area (Å²) in [4.78, 5) is 11.7. The van der Waals surface area contributed by atoms with Crippen LogP contribution in [0.4, 0.5) is 4.79 Å². The lowest BCUT2D eigenvalue weighted by atomic mass is 10.1. The van der Waals surface area contributed by atoms with Gasteiger partial charge in [0.15, 0.2) is 0 Å². The molecule has 8 atom stereocenters. The van der Waals surface area contributed by atoms with Crippen molar-refractivity contribution < 1.29 is 61.6 Å². The molecule has 4 heterocycles. The maximum Gasteiger partial charge on any atom is 0.508 e. The summed E-state index contributed by atoms with van der Waals surface area (Å²) in [6, 6.07) is 0. The van der Waals surface area contributed by atoms with E-state index in [1.807, 2.05) is 0 Å². The third kappa shape index (κ3) is 10.5. The molecule has 0 amide bonds. The summed E-state index contributed by atoms with van der Waals surface area (Å²) in [6.45, 7) is 9.92. The Morgan fingerprint density at radius 1 is 0.500 bits per heavy atom. The molecule has 13 heteroatoms. The van der Waals surface area contributed by atoms with Gasteiger partial charge in [-0.05, 0) is 12.8 Å². The van der Waals surface area contributed by atoms with Gasteiger partial charge in [0.05, 0.1) is 66.1 Å². The van der Waals surface area contributed by atoms with Crippen molar-refractivity contribution >= 4 is 6.16 Å². The van der Waals surface area contributed by atoms with Crippen molar-refractivity contribution in [3.05, 3.63) is 0 Å². The zero-order valence-electron chi connectivity index (χ0n) is 25.2. The molecule has 244 valence electrons. The first-order chi connectivity index (χ1) is 20.7. The molecule has 0 aromatic carbocycles. The molecule has 4 saturated heterocycles. The fourth-order valence-electron chi connectivity index (χ4n) is 5.32. The third-order valence-electron chi connectivity index (χ3n) is 7.60. The van der Waals surface area contributed by atoms with Gasteiger partial charge in [-0.25, -0.2) is 4.79 Å². The van der Waals surface area contributed by atoms with E-state index < -0.39 is 6.16 Å². The van der Waals surface area contributed by atoms with Crippen LogP contribution in [0, 0.1) is 0 Å². The van der Waals surface area contributed by atoms with Crippen LogP contribution in [0.15, 0.2) is 0 Å². The molecule has 0 aromatic heterocycles. The van der Waals surface area contributed by atoms with Crippen molar-refractivity contribution in [1.29, 1.82) is 0 Å². The van der Waals surface area contributed by atoms with E-state index in [-0.39, 0.29) is 75.3 Å². The lowest BCUT2D eigenvalue weighted by Gasteiger charge is -2.17. The highest BCUT2D eigenvalue weighted by Gasteiger charge is 2.49. The van der Waals surface area contributed by atoms with Gasteiger partial charge in [-0.15, -0.1) is 0 Å². The number of carbonyl (C=O) groups excluding carboxylic acids is 1. The Bertz CT molecular complexity index is 684. The number of ether oxygens (including phenoxy) is 12. The second-order valence-electron chi connectivity index (χ2n) is 10.7. The maximum atomic E-state index is 11.7. The quantitative estimate of drug-likeness (QED) is 0.132. The fraction of sp³-hybridized carbons (Fsp3) is 0.966. The van der Waals surface area contributed by atoms with E-state index in [1.165, 1.54) is 0 Å². The van der Waals surface area contributed by atoms with Crippen LogP contribution in [-0.2, 0) is 56.8 Å². The largest absolute Gasteiger partial charge is 0.508 e. The zero-order valence-corrected chi connectivity index (χ0v) is 25.2. The minimum atomic E-state index is -0.763. The summed E-state index contributed by atoms with van der Waals surface area (Å²) in [5.41, 5.74) is 0. The zero-order chi connectivity index (χ0) is 29.4. The number of carbonyl (C=O) groups is 1. The van der Waals surface area contributed by atoms with Crippen LogP contribution >= 0.6 is 0 Å². The predicted molar refractivity (Wildman–Crippen MR) is 147 cm³/mol. The van der Waals surface area contributed by atoms with Gasteiger partial charge < -0.3 is 56.8 Å². The molecule has 4 aliphatic rings. The molecule has 42 heavy (non-hydrogen) atoms. The Kier molecular flexibility index (Phi) is 15.5. The van der Waals surface area contributed by atoms with E-state index in [0.717, 1.165) is 38.9 Å². The Morgan fingerprint density at radius 2 is 0.833 bits per heavy atom. The monoisotopic (exact) mass is 606 g/mol. The summed E-state index contributed by atoms with van der Waals surface area (Å²) < 4.78 is 67.9. The van der Waals surface area contributed by atoms with E-state index in [2.05, 4.69) is 13.8 Å². The van der Waals surface area contributed by atoms with Crippen LogP contribution < -0.4 is 0 Å². The van der Waals surface area contributed by atoms with Gasteiger partial charge in [0.25, 0.3) is 0 Å². The minimum absolute atomic E-state index is 0.0270. The average molecular weight is 607 g/mol. The highest BCUT2D eigenvalue weighted by atomic mass is 16.7. The summed E-state index contributed by atoms with van der Waals surface area (Å²) in [5, 5.41) is 0. The van der Waals surface area contributed by atoms with E-state index in [4.69, 9.17) is 56.8 Å². The van der Waals surface area contributed by atoms with Gasteiger partial charge >= 0.3 is 6.16 Å². The van der Waals surface area contributed by atoms with Crippen LogP contribution in [0.25, 0.3) is 0 Å². The van der Waals surface area contributed by atoms with Gasteiger partial charge in [-0.2, -0.15) is 0 Å². The van der Waals surface area contributed by atoms with Gasteiger partial charge in [0.1, 0.15) is 62.0 Å². The Balaban J connectivity index is 0.910. The van der Waals surface area contributed by atoms with Crippen molar-refractivity contribution in [2.75, 3.05) is 92.5 Å². The average Bonchev–Trinajstić information content (AvgIpc) is 3.77. The smallest absolute Gasteiger partial charge is 0.432 e. The number of hydrogen-bond donors (Lipinski definition) is 0. The summed E-state index contributed by atoms with van der Waals surface area (Å²) in [6.07, 6.45) is 2.81. The highest BCUT2D eigenvalue weighted by Crippen LogP contribution is 2.31. The number of hydrogen-bond acceptors (Lipinski definition) is 13. The van der Waals surface area contributed by atoms with Gasteiger partial charge in [-0.1, -0.05) is 26.7 Å². The Hall–Kier alpha value is -1.13. The first-order valence-electron chi connectivity index (χ1n) is 15.6. The molecule has 0 bridgehead atoms. The molecule has 0 saturated carbocycles. The third-order valence-corrected chi connectivity index (χ3v) is 7.60. The van der Waals surface area contributed by atoms with Crippen molar-refractivity contribution in [3.8, 4) is 0 Å². The number of rotatable bonds is 22. The molecule has 0 N–H and O–H groups in total. The van der Waals surface area contributed by atoms with Crippen LogP contribution in [0.2, 0.25) is 0 Å². The molecular weight excluding hydrogens is 556 g/mol. The highest BCUT2D eigenvalue weighted by molar-refractivity contribution is 5.59. The molecular formula is C29H50O13. The molecule has 0 aliphatic carbocycles. The van der Waals surface area contributed by atoms with Crippen LogP contribution in [-0.4, -0.2) is 147 Å². The van der Waals surface area contributed by atoms with Crippen molar-refractivity contribution in [1.82, 2.24) is 0 Å². The predicted octanol–water partition coefficient (Wildman–Crippen LogP) is 1.91. The summed E-state index contributed by atoms with van der Waals surface area (Å²) >= 11 is 0. The van der Waals surface area contributed by atoms with Gasteiger partial charge in [-0.3, -0.25) is 0 Å². The van der Waals surface area contributed by atoms with Gasteiger partial charge in [0, 0.05) is 13.2 Å². The molecule has 0 aromatic rings. The minimum Gasteiger partial charge on any atom is -0.432 e. The molecule has 4 rings (SSSR count). The van der Waals surface area contributed by atoms with E-state index in [1.54, 1.807) is 0 Å². The van der Waals surface area contributed by atoms with Crippen molar-refractivity contribution in [2.45, 2.75) is 88.4 Å². The molecule has 4 aliphatic heterocycles. The first-order valence-corrected chi connectivity index (χ1v) is 15.6. The Morgan fingerprint density at radius 3 is 1.19 bits per heavy atom. The number of unbranched alkanes of at least 4 members (excludes halogenated alkanes) is 2. The second-order valence-corrected chi connectivity index (χ2v) is 10.7. The molecule has 4 fully saturated rings. The van der Waals surface area contributed by atoms with E-state index >= 15 is 0 Å². The molecule has 0 spiro atoms. The first kappa shape index (κ1) is 33.8. The summed E-state index contributed by atoms with van der Waals surface area (Å²) in [7, 11) is 0. The number of fused-ring (bicyclic) bond motifs is 2.